The van der Waals surface area contributed by atoms with Crippen molar-refractivity contribution in [1.29, 1.82) is 0 Å². The van der Waals surface area contributed by atoms with E-state index in [0.717, 1.165) is 6.07 Å². The van der Waals surface area contributed by atoms with Crippen molar-refractivity contribution in [3.63, 3.8) is 0 Å². The second-order valence-electron chi connectivity index (χ2n) is 3.96. The van der Waals surface area contributed by atoms with Crippen LogP contribution < -0.4 is 0 Å². The van der Waals surface area contributed by atoms with Gasteiger partial charge in [0, 0.05) is 0 Å². The smallest absolute Gasteiger partial charge is 0.417 e. The largest absolute Gasteiger partial charge is 0.462 e. The molecule has 0 aliphatic heterocycles. The molecule has 2 rings (SSSR count). The van der Waals surface area contributed by atoms with Crippen LogP contribution in [-0.2, 0) is 10.9 Å². The van der Waals surface area contributed by atoms with Crippen LogP contribution in [-0.4, -0.2) is 12.6 Å². The summed E-state index contributed by atoms with van der Waals surface area (Å²) in [7, 11) is 0. The number of hydrogen-bond donors (Lipinski definition) is 0. The highest BCUT2D eigenvalue weighted by atomic mass is 19.4. The highest BCUT2D eigenvalue weighted by molar-refractivity contribution is 5.96. The summed E-state index contributed by atoms with van der Waals surface area (Å²) < 4.78 is 43.4. The third kappa shape index (κ3) is 2.70. The van der Waals surface area contributed by atoms with Gasteiger partial charge in [-0.05, 0) is 35.9 Å². The SMILES string of the molecule is CCOC(=O)c1ccc2cccc(C(F)(F)F)c2c1. The van der Waals surface area contributed by atoms with Gasteiger partial charge in [0.15, 0.2) is 0 Å². The molecule has 0 bridgehead atoms. The highest BCUT2D eigenvalue weighted by Gasteiger charge is 2.32. The Morgan fingerprint density at radius 2 is 1.95 bits per heavy atom. The lowest BCUT2D eigenvalue weighted by Gasteiger charge is -2.11. The fourth-order valence-corrected chi connectivity index (χ4v) is 1.86. The Kier molecular flexibility index (Phi) is 3.46. The molecule has 0 aliphatic carbocycles. The van der Waals surface area contributed by atoms with Crippen molar-refractivity contribution in [1.82, 2.24) is 0 Å². The van der Waals surface area contributed by atoms with Crippen molar-refractivity contribution < 1.29 is 22.7 Å². The Morgan fingerprint density at radius 3 is 2.58 bits per heavy atom. The Hall–Kier alpha value is -2.04. The number of benzene rings is 2. The lowest BCUT2D eigenvalue weighted by Crippen LogP contribution is -2.07. The van der Waals surface area contributed by atoms with Crippen molar-refractivity contribution in [2.45, 2.75) is 13.1 Å². The Labute approximate surface area is 107 Å². The number of ether oxygens (including phenoxy) is 1. The maximum Gasteiger partial charge on any atom is 0.417 e. The number of rotatable bonds is 2. The van der Waals surface area contributed by atoms with E-state index >= 15 is 0 Å². The Balaban J connectivity index is 2.60. The first-order valence-corrected chi connectivity index (χ1v) is 5.70. The molecule has 0 aliphatic rings. The molecule has 0 radical (unpaired) electrons. The average Bonchev–Trinajstić information content (AvgIpc) is 2.36. The second-order valence-corrected chi connectivity index (χ2v) is 3.96. The fraction of sp³-hybridized carbons (Fsp3) is 0.214. The maximum absolute atomic E-state index is 12.9. The van der Waals surface area contributed by atoms with Crippen molar-refractivity contribution in [2.75, 3.05) is 6.61 Å². The molecule has 0 fully saturated rings. The molecule has 0 spiro atoms. The maximum atomic E-state index is 12.9. The molecule has 2 aromatic carbocycles. The van der Waals surface area contributed by atoms with Gasteiger partial charge in [-0.3, -0.25) is 0 Å². The molecule has 0 unspecified atom stereocenters. The van der Waals surface area contributed by atoms with Crippen molar-refractivity contribution in [2.24, 2.45) is 0 Å². The topological polar surface area (TPSA) is 26.3 Å². The van der Waals surface area contributed by atoms with Gasteiger partial charge in [-0.1, -0.05) is 18.2 Å². The van der Waals surface area contributed by atoms with Gasteiger partial charge >= 0.3 is 12.1 Å². The van der Waals surface area contributed by atoms with Gasteiger partial charge in [0.2, 0.25) is 0 Å². The van der Waals surface area contributed by atoms with E-state index in [1.165, 1.54) is 24.3 Å². The minimum atomic E-state index is -4.45. The van der Waals surface area contributed by atoms with Crippen LogP contribution in [0.25, 0.3) is 10.8 Å². The summed E-state index contributed by atoms with van der Waals surface area (Å²) in [4.78, 5) is 11.5. The predicted molar refractivity (Wildman–Crippen MR) is 64.9 cm³/mol. The first-order chi connectivity index (χ1) is 8.93. The van der Waals surface area contributed by atoms with Crippen LogP contribution in [0.4, 0.5) is 13.2 Å². The average molecular weight is 268 g/mol. The lowest BCUT2D eigenvalue weighted by atomic mass is 10.0. The van der Waals surface area contributed by atoms with E-state index in [2.05, 4.69) is 0 Å². The molecular formula is C14H11F3O2. The fourth-order valence-electron chi connectivity index (χ4n) is 1.86. The third-order valence-corrected chi connectivity index (χ3v) is 2.70. The van der Waals surface area contributed by atoms with E-state index in [9.17, 15) is 18.0 Å². The molecule has 0 saturated carbocycles. The van der Waals surface area contributed by atoms with E-state index in [1.54, 1.807) is 13.0 Å². The zero-order valence-electron chi connectivity index (χ0n) is 10.1. The first-order valence-electron chi connectivity index (χ1n) is 5.70. The number of carbonyl (C=O) groups is 1. The van der Waals surface area contributed by atoms with Gasteiger partial charge in [-0.15, -0.1) is 0 Å². The quantitative estimate of drug-likeness (QED) is 0.768. The van der Waals surface area contributed by atoms with Crippen LogP contribution in [0.3, 0.4) is 0 Å². The van der Waals surface area contributed by atoms with Gasteiger partial charge < -0.3 is 4.74 Å². The van der Waals surface area contributed by atoms with Crippen molar-refractivity contribution in [3.05, 3.63) is 47.5 Å². The third-order valence-electron chi connectivity index (χ3n) is 2.70. The van der Waals surface area contributed by atoms with Gasteiger partial charge in [0.25, 0.3) is 0 Å². The molecule has 2 aromatic rings. The molecule has 100 valence electrons. The van der Waals surface area contributed by atoms with Gasteiger partial charge in [0.1, 0.15) is 0 Å². The van der Waals surface area contributed by atoms with E-state index in [4.69, 9.17) is 4.74 Å². The van der Waals surface area contributed by atoms with E-state index < -0.39 is 17.7 Å². The number of halogens is 3. The van der Waals surface area contributed by atoms with E-state index in [0.29, 0.717) is 5.39 Å². The summed E-state index contributed by atoms with van der Waals surface area (Å²) in [6, 6.07) is 8.07. The van der Waals surface area contributed by atoms with Crippen LogP contribution in [0.1, 0.15) is 22.8 Å². The first kappa shape index (κ1) is 13.4. The highest BCUT2D eigenvalue weighted by Crippen LogP contribution is 2.35. The zero-order chi connectivity index (χ0) is 14.0. The summed E-state index contributed by atoms with van der Waals surface area (Å²) >= 11 is 0. The molecule has 2 nitrogen and oxygen atoms in total. The number of alkyl halides is 3. The molecule has 5 heteroatoms. The molecule has 0 amide bonds. The van der Waals surface area contributed by atoms with Crippen molar-refractivity contribution >= 4 is 16.7 Å². The predicted octanol–water partition coefficient (Wildman–Crippen LogP) is 4.04. The van der Waals surface area contributed by atoms with Gasteiger partial charge in [-0.2, -0.15) is 13.2 Å². The number of carbonyl (C=O) groups excluding carboxylic acids is 1. The van der Waals surface area contributed by atoms with E-state index in [1.807, 2.05) is 0 Å². The molecule has 0 saturated heterocycles. The summed E-state index contributed by atoms with van der Waals surface area (Å²) in [6.45, 7) is 1.82. The van der Waals surface area contributed by atoms with Crippen LogP contribution in [0, 0.1) is 0 Å². The monoisotopic (exact) mass is 268 g/mol. The Morgan fingerprint density at radius 1 is 1.21 bits per heavy atom. The van der Waals surface area contributed by atoms with Crippen LogP contribution in [0.15, 0.2) is 36.4 Å². The molecule has 0 aromatic heterocycles. The Bertz CT molecular complexity index is 618. The van der Waals surface area contributed by atoms with E-state index in [-0.39, 0.29) is 17.6 Å². The minimum Gasteiger partial charge on any atom is -0.462 e. The number of hydrogen-bond acceptors (Lipinski definition) is 2. The second kappa shape index (κ2) is 4.91. The summed E-state index contributed by atoms with van der Waals surface area (Å²) in [5, 5.41) is 0.434. The lowest BCUT2D eigenvalue weighted by molar-refractivity contribution is -0.136. The molecule has 0 heterocycles. The van der Waals surface area contributed by atoms with Gasteiger partial charge in [-0.25, -0.2) is 4.79 Å². The molecular weight excluding hydrogens is 257 g/mol. The van der Waals surface area contributed by atoms with Crippen LogP contribution in [0.5, 0.6) is 0 Å². The zero-order valence-corrected chi connectivity index (χ0v) is 10.1. The minimum absolute atomic E-state index is 0.000512. The molecule has 0 N–H and O–H groups in total. The molecule has 19 heavy (non-hydrogen) atoms. The standard InChI is InChI=1S/C14H11F3O2/c1-2-19-13(18)10-7-6-9-4-3-5-12(11(9)8-10)14(15,16)17/h3-8H,2H2,1H3. The summed E-state index contributed by atoms with van der Waals surface area (Å²) in [5.41, 5.74) is -0.637. The van der Waals surface area contributed by atoms with Gasteiger partial charge in [0.05, 0.1) is 17.7 Å². The number of esters is 1. The molecule has 0 atom stereocenters. The summed E-state index contributed by atoms with van der Waals surface area (Å²) in [6.07, 6.45) is -4.45. The number of fused-ring (bicyclic) bond motifs is 1. The van der Waals surface area contributed by atoms with Crippen molar-refractivity contribution in [3.8, 4) is 0 Å². The summed E-state index contributed by atoms with van der Waals surface area (Å²) in [5.74, 6) is -0.624. The van der Waals surface area contributed by atoms with Crippen LogP contribution in [0.2, 0.25) is 0 Å². The normalized spacial score (nSPS) is 11.6. The van der Waals surface area contributed by atoms with Crippen LogP contribution >= 0.6 is 0 Å².